The fraction of sp³-hybridized carbons (Fsp3) is 0.333. The fourth-order valence-electron chi connectivity index (χ4n) is 5.95. The number of hydrogen-bond donors (Lipinski definition) is 1. The van der Waals surface area contributed by atoms with Crippen molar-refractivity contribution < 1.29 is 46.6 Å². The Balaban J connectivity index is 1.82. The number of carbonyl (C=O) groups excluding carboxylic acids is 2. The molecule has 4 atom stereocenters. The second-order valence-corrected chi connectivity index (χ2v) is 12.9. The summed E-state index contributed by atoms with van der Waals surface area (Å²) in [6.07, 6.45) is -6.30. The van der Waals surface area contributed by atoms with Crippen LogP contribution < -0.4 is 18.5 Å². The molecule has 0 radical (unpaired) electrons. The first-order valence-electron chi connectivity index (χ1n) is 13.6. The number of aliphatic hydroxyl groups is 1. The van der Waals surface area contributed by atoms with E-state index < -0.39 is 57.9 Å². The van der Waals surface area contributed by atoms with Gasteiger partial charge >= 0.3 is 6.36 Å². The molecule has 246 valence electrons. The summed E-state index contributed by atoms with van der Waals surface area (Å²) in [6.45, 7) is -0.205. The molecule has 10 nitrogen and oxygen atoms in total. The summed E-state index contributed by atoms with van der Waals surface area (Å²) in [4.78, 5) is 31.1. The summed E-state index contributed by atoms with van der Waals surface area (Å²) in [5, 5.41) is 11.3. The van der Waals surface area contributed by atoms with Crippen molar-refractivity contribution in [2.45, 2.75) is 35.4 Å². The molecular formula is C30H28Cl2F3N3O7S. The van der Waals surface area contributed by atoms with Crippen molar-refractivity contribution in [2.75, 3.05) is 39.2 Å². The van der Waals surface area contributed by atoms with Crippen LogP contribution in [0.2, 0.25) is 10.0 Å². The van der Waals surface area contributed by atoms with Crippen molar-refractivity contribution in [3.8, 4) is 17.2 Å². The van der Waals surface area contributed by atoms with Gasteiger partial charge in [0.15, 0.2) is 11.3 Å². The number of likely N-dealkylation sites (tertiary alicyclic amines) is 1. The van der Waals surface area contributed by atoms with E-state index in [1.807, 2.05) is 0 Å². The molecule has 46 heavy (non-hydrogen) atoms. The quantitative estimate of drug-likeness (QED) is 0.335. The number of aliphatic hydroxyl groups excluding tert-OH is 1. The summed E-state index contributed by atoms with van der Waals surface area (Å²) in [5.41, 5.74) is -1.78. The third-order valence-corrected chi connectivity index (χ3v) is 9.66. The summed E-state index contributed by atoms with van der Waals surface area (Å²) in [6, 6.07) is 10.9. The zero-order valence-corrected chi connectivity index (χ0v) is 27.1. The number of nitrogens with zero attached hydrogens (tertiary/aromatic N) is 3. The van der Waals surface area contributed by atoms with Crippen molar-refractivity contribution in [1.29, 1.82) is 0 Å². The highest BCUT2D eigenvalue weighted by molar-refractivity contribution is 7.93. The number of anilines is 1. The summed E-state index contributed by atoms with van der Waals surface area (Å²) < 4.78 is 70.7. The number of alkyl halides is 3. The van der Waals surface area contributed by atoms with Crippen molar-refractivity contribution in [2.24, 2.45) is 0 Å². The number of benzene rings is 3. The molecule has 2 unspecified atom stereocenters. The maximum absolute atomic E-state index is 15.2. The van der Waals surface area contributed by atoms with E-state index in [0.717, 1.165) is 16.4 Å². The normalized spacial score (nSPS) is 22.1. The monoisotopic (exact) mass is 701 g/mol. The Morgan fingerprint density at radius 3 is 2.28 bits per heavy atom. The van der Waals surface area contributed by atoms with E-state index in [-0.39, 0.29) is 51.3 Å². The second kappa shape index (κ2) is 12.7. The average Bonchev–Trinajstić information content (AvgIpc) is 3.49. The lowest BCUT2D eigenvalue weighted by Gasteiger charge is -2.41. The number of ether oxygens (including phenoxy) is 3. The maximum Gasteiger partial charge on any atom is 0.573 e. The first-order chi connectivity index (χ1) is 21.6. The van der Waals surface area contributed by atoms with Crippen LogP contribution in [0.25, 0.3) is 0 Å². The van der Waals surface area contributed by atoms with Crippen LogP contribution in [-0.2, 0) is 26.5 Å². The molecule has 3 aromatic carbocycles. The minimum absolute atomic E-state index is 0.0148. The van der Waals surface area contributed by atoms with Crippen molar-refractivity contribution >= 4 is 52.1 Å². The fourth-order valence-corrected chi connectivity index (χ4v) is 7.56. The molecule has 2 amide bonds. The molecule has 1 saturated heterocycles. The molecule has 2 aliphatic heterocycles. The smallest absolute Gasteiger partial charge is 0.573 e. The number of halogens is 5. The highest BCUT2D eigenvalue weighted by Crippen LogP contribution is 2.55. The Bertz CT molecular complexity index is 1680. The number of rotatable bonds is 8. The van der Waals surface area contributed by atoms with E-state index >= 15 is 4.79 Å². The Morgan fingerprint density at radius 2 is 1.67 bits per heavy atom. The summed E-state index contributed by atoms with van der Waals surface area (Å²) >= 11 is 10.3. The second-order valence-electron chi connectivity index (χ2n) is 10.7. The standard InChI is InChI=1S/C30H28Cl2F3N3O7S/c1-36(2)27(40)23-13-18(39)15-37(23)29(21-12-17(32)6-9-24(21)44-4)20-11-16(31)5-8-22(20)38(28(29)41)46(42)26-10-7-19(43-3)14-25(26)45-30(33,34)35/h5-12,14,18,23,39H,13,15H2,1-4H3/t18-,23+,29?,46?/m1/s1. The van der Waals surface area contributed by atoms with Gasteiger partial charge in [0.1, 0.15) is 28.5 Å². The number of carbonyl (C=O) groups is 2. The van der Waals surface area contributed by atoms with Crippen LogP contribution in [-0.4, -0.2) is 84.6 Å². The van der Waals surface area contributed by atoms with E-state index in [1.54, 1.807) is 0 Å². The molecule has 5 rings (SSSR count). The Hall–Kier alpha value is -3.40. The highest BCUT2D eigenvalue weighted by atomic mass is 35.5. The van der Waals surface area contributed by atoms with Gasteiger partial charge in [-0.05, 0) is 48.9 Å². The molecule has 0 spiro atoms. The molecule has 2 aliphatic rings. The van der Waals surface area contributed by atoms with E-state index in [9.17, 15) is 27.6 Å². The maximum atomic E-state index is 15.2. The first kappa shape index (κ1) is 33.9. The molecular weight excluding hydrogens is 674 g/mol. The predicted octanol–water partition coefficient (Wildman–Crippen LogP) is 4.75. The number of methoxy groups -OCH3 is 2. The Morgan fingerprint density at radius 1 is 1.02 bits per heavy atom. The first-order valence-corrected chi connectivity index (χ1v) is 15.5. The van der Waals surface area contributed by atoms with Crippen LogP contribution in [0, 0.1) is 0 Å². The number of hydrogen-bond acceptors (Lipinski definition) is 8. The molecule has 0 aliphatic carbocycles. The SMILES string of the molecule is COc1ccc([S+]([O-])N2C(=O)C(c3cc(Cl)ccc3OC)(N3C[C@H](O)C[C@H]3C(=O)N(C)C)c3cc(Cl)ccc32)c(OC(F)(F)F)c1. The Kier molecular flexibility index (Phi) is 9.34. The van der Waals surface area contributed by atoms with Gasteiger partial charge in [-0.15, -0.1) is 17.5 Å². The van der Waals surface area contributed by atoms with Crippen LogP contribution in [0.4, 0.5) is 18.9 Å². The topological polar surface area (TPSA) is 115 Å². The largest absolute Gasteiger partial charge is 0.587 e. The predicted molar refractivity (Wildman–Crippen MR) is 164 cm³/mol. The molecule has 16 heteroatoms. The van der Waals surface area contributed by atoms with Crippen molar-refractivity contribution in [3.63, 3.8) is 0 Å². The van der Waals surface area contributed by atoms with Gasteiger partial charge in [0.05, 0.1) is 26.4 Å². The van der Waals surface area contributed by atoms with E-state index in [4.69, 9.17) is 32.7 Å². The van der Waals surface area contributed by atoms with Gasteiger partial charge in [-0.2, -0.15) is 0 Å². The third-order valence-electron chi connectivity index (χ3n) is 7.78. The van der Waals surface area contributed by atoms with Gasteiger partial charge < -0.3 is 28.8 Å². The van der Waals surface area contributed by atoms with Crippen LogP contribution in [0.15, 0.2) is 59.5 Å². The molecule has 1 fully saturated rings. The van der Waals surface area contributed by atoms with Crippen LogP contribution in [0.3, 0.4) is 0 Å². The molecule has 0 aromatic heterocycles. The van der Waals surface area contributed by atoms with Crippen LogP contribution >= 0.6 is 23.2 Å². The molecule has 0 saturated carbocycles. The minimum atomic E-state index is -5.17. The van der Waals surface area contributed by atoms with E-state index in [0.29, 0.717) is 0 Å². The third kappa shape index (κ3) is 5.82. The van der Waals surface area contributed by atoms with Gasteiger partial charge in [-0.1, -0.05) is 23.2 Å². The van der Waals surface area contributed by atoms with Gasteiger partial charge in [0.25, 0.3) is 5.91 Å². The Labute approximate surface area is 275 Å². The lowest BCUT2D eigenvalue weighted by atomic mass is 9.80. The summed E-state index contributed by atoms with van der Waals surface area (Å²) in [7, 11) is 5.63. The van der Waals surface area contributed by atoms with Gasteiger partial charge in [0.2, 0.25) is 10.8 Å². The number of fused-ring (bicyclic) bond motifs is 1. The zero-order valence-electron chi connectivity index (χ0n) is 24.8. The van der Waals surface area contributed by atoms with E-state index in [2.05, 4.69) is 4.74 Å². The number of likely N-dealkylation sites (N-methyl/N-ethyl adjacent to an activating group) is 1. The lowest BCUT2D eigenvalue weighted by molar-refractivity contribution is -0.275. The van der Waals surface area contributed by atoms with Crippen molar-refractivity contribution in [3.05, 3.63) is 75.8 Å². The zero-order chi connectivity index (χ0) is 33.7. The lowest BCUT2D eigenvalue weighted by Crippen LogP contribution is -2.59. The molecule has 0 bridgehead atoms. The molecule has 1 N–H and O–H groups in total. The average molecular weight is 703 g/mol. The number of β-amino-alcohol motifs (C(OH)–C–C–N with tert-alkyl or cyclic N) is 1. The van der Waals surface area contributed by atoms with Gasteiger partial charge in [-0.3, -0.25) is 14.5 Å². The van der Waals surface area contributed by atoms with Crippen molar-refractivity contribution in [1.82, 2.24) is 9.80 Å². The van der Waals surface area contributed by atoms with Crippen LogP contribution in [0.5, 0.6) is 17.2 Å². The number of amides is 2. The van der Waals surface area contributed by atoms with Gasteiger partial charge in [-0.25, -0.2) is 0 Å². The molecule has 2 heterocycles. The summed E-state index contributed by atoms with van der Waals surface area (Å²) in [5.74, 6) is -2.09. The van der Waals surface area contributed by atoms with Crippen LogP contribution in [0.1, 0.15) is 17.5 Å². The minimum Gasteiger partial charge on any atom is -0.587 e. The highest BCUT2D eigenvalue weighted by Gasteiger charge is 2.65. The van der Waals surface area contributed by atoms with Gasteiger partial charge in [0, 0.05) is 53.9 Å². The molecule has 3 aromatic rings. The van der Waals surface area contributed by atoms with E-state index in [1.165, 1.54) is 80.6 Å².